The van der Waals surface area contributed by atoms with Crippen LogP contribution < -0.4 is 10.1 Å². The topological polar surface area (TPSA) is 105 Å². The lowest BCUT2D eigenvalue weighted by Gasteiger charge is -2.48. The minimum atomic E-state index is -1.83. The Morgan fingerprint density at radius 3 is 2.62 bits per heavy atom. The van der Waals surface area contributed by atoms with E-state index < -0.39 is 39.6 Å². The highest BCUT2D eigenvalue weighted by Gasteiger charge is 2.55. The van der Waals surface area contributed by atoms with Crippen LogP contribution in [-0.2, 0) is 19.1 Å². The molecule has 29 heavy (non-hydrogen) atoms. The molecule has 1 unspecified atom stereocenters. The van der Waals surface area contributed by atoms with Crippen molar-refractivity contribution in [1.29, 1.82) is 0 Å². The number of alkyl halides is 3. The molecule has 0 aliphatic carbocycles. The van der Waals surface area contributed by atoms with E-state index in [9.17, 15) is 19.5 Å². The van der Waals surface area contributed by atoms with Gasteiger partial charge in [0, 0.05) is 0 Å². The number of amides is 2. The summed E-state index contributed by atoms with van der Waals surface area (Å²) in [5.74, 6) is -1.81. The molecule has 0 radical (unpaired) electrons. The van der Waals surface area contributed by atoms with Crippen LogP contribution in [0.3, 0.4) is 0 Å². The lowest BCUT2D eigenvalue weighted by Crippen LogP contribution is -2.71. The molecule has 2 amide bonds. The van der Waals surface area contributed by atoms with E-state index in [0.717, 1.165) is 4.90 Å². The first-order valence-corrected chi connectivity index (χ1v) is 10.4. The first-order chi connectivity index (χ1) is 13.7. The Bertz CT molecular complexity index is 845. The number of carbonyl (C=O) groups excluding carboxylic acids is 3. The monoisotopic (exact) mass is 480 g/mol. The van der Waals surface area contributed by atoms with Crippen LogP contribution in [-0.4, -0.2) is 62.0 Å². The van der Waals surface area contributed by atoms with Crippen LogP contribution in [0.2, 0.25) is 0 Å². The molecule has 1 fully saturated rings. The summed E-state index contributed by atoms with van der Waals surface area (Å²) in [5, 5.41) is 12.0. The quantitative estimate of drug-likeness (QED) is 0.364. The van der Waals surface area contributed by atoms with Crippen LogP contribution in [0.15, 0.2) is 41.8 Å². The predicted molar refractivity (Wildman–Crippen MR) is 108 cm³/mol. The van der Waals surface area contributed by atoms with Gasteiger partial charge in [0.05, 0.1) is 5.75 Å². The number of halogens is 3. The Balaban J connectivity index is 1.59. The zero-order valence-corrected chi connectivity index (χ0v) is 17.7. The number of aliphatic hydroxyl groups excluding tert-OH is 1. The molecule has 2 aliphatic heterocycles. The SMILES string of the molecule is O=C(COc1ccccc1)NC1C(=O)N2C(C(=O)OCC(Cl)(Cl)Cl)=C(O)CS[C@@H]12. The van der Waals surface area contributed by atoms with Gasteiger partial charge in [0.2, 0.25) is 3.79 Å². The number of carbonyl (C=O) groups is 3. The molecule has 8 nitrogen and oxygen atoms in total. The number of fused-ring (bicyclic) bond motifs is 1. The zero-order valence-electron chi connectivity index (χ0n) is 14.6. The van der Waals surface area contributed by atoms with Crippen molar-refractivity contribution in [2.24, 2.45) is 0 Å². The fourth-order valence-electron chi connectivity index (χ4n) is 2.69. The molecule has 2 atom stereocenters. The number of nitrogens with one attached hydrogen (secondary N) is 1. The lowest BCUT2D eigenvalue weighted by atomic mass is 10.0. The Hall–Kier alpha value is -1.81. The standard InChI is InChI=1S/C17H15Cl3N2O6S/c18-17(19,20)8-28-16(26)13-10(23)7-29-15-12(14(25)22(13)15)21-11(24)6-27-9-4-2-1-3-5-9/h1-5,12,15,23H,6-8H2,(H,21,24)/t12?,15-/m0/s1. The van der Waals surface area contributed by atoms with Crippen LogP contribution in [0.25, 0.3) is 0 Å². The fourth-order valence-corrected chi connectivity index (χ4v) is 4.05. The molecule has 1 aromatic carbocycles. The molecule has 0 bridgehead atoms. The normalized spacial score (nSPS) is 21.2. The van der Waals surface area contributed by atoms with Gasteiger partial charge in [-0.25, -0.2) is 4.79 Å². The average molecular weight is 482 g/mol. The number of thioether (sulfide) groups is 1. The summed E-state index contributed by atoms with van der Waals surface area (Å²) in [4.78, 5) is 37.9. The van der Waals surface area contributed by atoms with Gasteiger partial charge in [-0.05, 0) is 12.1 Å². The smallest absolute Gasteiger partial charge is 0.358 e. The summed E-state index contributed by atoms with van der Waals surface area (Å²) in [6.07, 6.45) is 0. The van der Waals surface area contributed by atoms with E-state index in [1.54, 1.807) is 24.3 Å². The first kappa shape index (κ1) is 21.9. The van der Waals surface area contributed by atoms with E-state index in [4.69, 9.17) is 44.3 Å². The van der Waals surface area contributed by atoms with Crippen molar-refractivity contribution >= 4 is 64.3 Å². The number of benzene rings is 1. The van der Waals surface area contributed by atoms with Crippen molar-refractivity contribution in [2.75, 3.05) is 19.0 Å². The second kappa shape index (κ2) is 8.91. The molecular formula is C17H15Cl3N2O6S. The molecule has 3 rings (SSSR count). The number of β-lactam (4-membered cyclic amide) rings is 1. The van der Waals surface area contributed by atoms with Crippen molar-refractivity contribution in [3.8, 4) is 5.75 Å². The van der Waals surface area contributed by atoms with E-state index in [0.29, 0.717) is 5.75 Å². The highest BCUT2D eigenvalue weighted by atomic mass is 35.6. The number of nitrogens with zero attached hydrogens (tertiary/aromatic N) is 1. The number of para-hydroxylation sites is 1. The summed E-state index contributed by atoms with van der Waals surface area (Å²) >= 11 is 17.8. The zero-order chi connectivity index (χ0) is 21.2. The second-order valence-corrected chi connectivity index (χ2v) is 9.66. The third kappa shape index (κ3) is 5.22. The highest BCUT2D eigenvalue weighted by molar-refractivity contribution is 8.00. The molecule has 0 aromatic heterocycles. The average Bonchev–Trinajstić information content (AvgIpc) is 2.68. The van der Waals surface area contributed by atoms with Gasteiger partial charge in [-0.15, -0.1) is 11.8 Å². The van der Waals surface area contributed by atoms with Crippen LogP contribution in [0.1, 0.15) is 0 Å². The van der Waals surface area contributed by atoms with Gasteiger partial charge in [-0.2, -0.15) is 0 Å². The molecule has 0 spiro atoms. The van der Waals surface area contributed by atoms with Gasteiger partial charge < -0.3 is 19.9 Å². The van der Waals surface area contributed by atoms with E-state index >= 15 is 0 Å². The van der Waals surface area contributed by atoms with Crippen molar-refractivity contribution in [1.82, 2.24) is 10.2 Å². The Labute approximate surface area is 185 Å². The molecule has 2 heterocycles. The molecule has 12 heteroatoms. The number of rotatable bonds is 6. The third-order valence-electron chi connectivity index (χ3n) is 3.94. The minimum Gasteiger partial charge on any atom is -0.509 e. The fraction of sp³-hybridized carbons (Fsp3) is 0.353. The molecular weight excluding hydrogens is 467 g/mol. The third-order valence-corrected chi connectivity index (χ3v) is 5.53. The number of hydrogen-bond acceptors (Lipinski definition) is 7. The maximum atomic E-state index is 12.5. The molecule has 2 aliphatic rings. The largest absolute Gasteiger partial charge is 0.509 e. The van der Waals surface area contributed by atoms with Crippen LogP contribution in [0, 0.1) is 0 Å². The number of hydrogen-bond donors (Lipinski definition) is 2. The molecule has 1 saturated heterocycles. The summed E-state index contributed by atoms with van der Waals surface area (Å²) < 4.78 is 8.37. The van der Waals surface area contributed by atoms with Crippen molar-refractivity contribution in [3.05, 3.63) is 41.8 Å². The van der Waals surface area contributed by atoms with Gasteiger partial charge in [0.15, 0.2) is 12.3 Å². The number of esters is 1. The first-order valence-electron chi connectivity index (χ1n) is 8.25. The highest BCUT2D eigenvalue weighted by Crippen LogP contribution is 2.40. The minimum absolute atomic E-state index is 0.0551. The molecule has 1 aromatic rings. The second-order valence-electron chi connectivity index (χ2n) is 6.04. The molecule has 0 saturated carbocycles. The Kier molecular flexibility index (Phi) is 6.72. The van der Waals surface area contributed by atoms with Gasteiger partial charge in [0.1, 0.15) is 29.5 Å². The van der Waals surface area contributed by atoms with E-state index in [1.165, 1.54) is 11.8 Å². The maximum Gasteiger partial charge on any atom is 0.358 e. The van der Waals surface area contributed by atoms with Crippen molar-refractivity contribution in [2.45, 2.75) is 15.2 Å². The van der Waals surface area contributed by atoms with Crippen LogP contribution >= 0.6 is 46.6 Å². The van der Waals surface area contributed by atoms with E-state index in [2.05, 4.69) is 5.32 Å². The summed E-state index contributed by atoms with van der Waals surface area (Å²) in [5.41, 5.74) is -0.320. The summed E-state index contributed by atoms with van der Waals surface area (Å²) in [6, 6.07) is 7.87. The summed E-state index contributed by atoms with van der Waals surface area (Å²) in [6.45, 7) is -0.825. The van der Waals surface area contributed by atoms with Crippen molar-refractivity contribution < 1.29 is 29.0 Å². The van der Waals surface area contributed by atoms with Gasteiger partial charge in [-0.3, -0.25) is 14.5 Å². The van der Waals surface area contributed by atoms with Gasteiger partial charge in [-0.1, -0.05) is 53.0 Å². The lowest BCUT2D eigenvalue weighted by molar-refractivity contribution is -0.153. The molecule has 2 N–H and O–H groups in total. The van der Waals surface area contributed by atoms with Gasteiger partial charge >= 0.3 is 5.97 Å². The van der Waals surface area contributed by atoms with E-state index in [-0.39, 0.29) is 23.8 Å². The van der Waals surface area contributed by atoms with E-state index in [1.807, 2.05) is 6.07 Å². The Morgan fingerprint density at radius 2 is 1.97 bits per heavy atom. The van der Waals surface area contributed by atoms with Crippen LogP contribution in [0.4, 0.5) is 0 Å². The van der Waals surface area contributed by atoms with Crippen molar-refractivity contribution in [3.63, 3.8) is 0 Å². The maximum absolute atomic E-state index is 12.5. The molecule has 156 valence electrons. The number of ether oxygens (including phenoxy) is 2. The Morgan fingerprint density at radius 1 is 1.28 bits per heavy atom. The number of aliphatic hydroxyl groups is 1. The summed E-state index contributed by atoms with van der Waals surface area (Å²) in [7, 11) is 0. The predicted octanol–water partition coefficient (Wildman–Crippen LogP) is 2.15. The van der Waals surface area contributed by atoms with Crippen LogP contribution in [0.5, 0.6) is 5.75 Å². The van der Waals surface area contributed by atoms with Gasteiger partial charge in [0.25, 0.3) is 11.8 Å².